The summed E-state index contributed by atoms with van der Waals surface area (Å²) in [5.41, 5.74) is 6.57. The molecule has 2 rings (SSSR count). The van der Waals surface area contributed by atoms with Crippen LogP contribution in [0.1, 0.15) is 10.4 Å². The Morgan fingerprint density at radius 2 is 2.00 bits per heavy atom. The van der Waals surface area contributed by atoms with Gasteiger partial charge in [0, 0.05) is 15.7 Å². The fourth-order valence-corrected chi connectivity index (χ4v) is 1.83. The van der Waals surface area contributed by atoms with E-state index in [2.05, 4.69) is 21.2 Å². The summed E-state index contributed by atoms with van der Waals surface area (Å²) in [6.07, 6.45) is 0. The van der Waals surface area contributed by atoms with Crippen molar-refractivity contribution in [3.8, 4) is 0 Å². The summed E-state index contributed by atoms with van der Waals surface area (Å²) in [5.74, 6) is -0.894. The van der Waals surface area contributed by atoms with E-state index in [4.69, 9.17) is 5.73 Å². The van der Waals surface area contributed by atoms with Gasteiger partial charge in [0.25, 0.3) is 5.91 Å². The van der Waals surface area contributed by atoms with Crippen molar-refractivity contribution in [3.63, 3.8) is 0 Å². The summed E-state index contributed by atoms with van der Waals surface area (Å²) in [6, 6.07) is 10.8. The summed E-state index contributed by atoms with van der Waals surface area (Å²) < 4.78 is 14.2. The standard InChI is InChI=1S/C13H10BrFN2O/c14-9-4-5-11(15)12(7-9)17-13(18)8-2-1-3-10(16)6-8/h1-7H,16H2,(H,17,18). The third kappa shape index (κ3) is 2.87. The van der Waals surface area contributed by atoms with E-state index in [1.54, 1.807) is 24.3 Å². The van der Waals surface area contributed by atoms with E-state index < -0.39 is 11.7 Å². The van der Waals surface area contributed by atoms with Gasteiger partial charge in [-0.1, -0.05) is 22.0 Å². The lowest BCUT2D eigenvalue weighted by Crippen LogP contribution is -2.13. The molecule has 3 N–H and O–H groups in total. The number of nitrogens with two attached hydrogens (primary N) is 1. The second-order valence-corrected chi connectivity index (χ2v) is 4.62. The highest BCUT2D eigenvalue weighted by Crippen LogP contribution is 2.20. The molecular formula is C13H10BrFN2O. The Balaban J connectivity index is 2.24. The highest BCUT2D eigenvalue weighted by Gasteiger charge is 2.09. The second kappa shape index (κ2) is 5.18. The van der Waals surface area contributed by atoms with Crippen LogP contribution in [-0.4, -0.2) is 5.91 Å². The smallest absolute Gasteiger partial charge is 0.255 e. The van der Waals surface area contributed by atoms with Gasteiger partial charge < -0.3 is 11.1 Å². The fraction of sp³-hybridized carbons (Fsp3) is 0. The largest absolute Gasteiger partial charge is 0.399 e. The molecule has 2 aromatic carbocycles. The number of hydrogen-bond acceptors (Lipinski definition) is 2. The molecule has 0 saturated carbocycles. The first-order valence-corrected chi connectivity index (χ1v) is 5.97. The van der Waals surface area contributed by atoms with Crippen LogP contribution < -0.4 is 11.1 Å². The molecule has 0 unspecified atom stereocenters. The molecule has 0 spiro atoms. The topological polar surface area (TPSA) is 55.1 Å². The number of hydrogen-bond donors (Lipinski definition) is 2. The van der Waals surface area contributed by atoms with Crippen molar-refractivity contribution < 1.29 is 9.18 Å². The second-order valence-electron chi connectivity index (χ2n) is 3.70. The van der Waals surface area contributed by atoms with Crippen LogP contribution in [0.25, 0.3) is 0 Å². The summed E-state index contributed by atoms with van der Waals surface area (Å²) in [6.45, 7) is 0. The average molecular weight is 309 g/mol. The fourth-order valence-electron chi connectivity index (χ4n) is 1.47. The van der Waals surface area contributed by atoms with E-state index >= 15 is 0 Å². The Morgan fingerprint density at radius 1 is 1.22 bits per heavy atom. The Labute approximate surface area is 112 Å². The van der Waals surface area contributed by atoms with Gasteiger partial charge in [-0.3, -0.25) is 4.79 Å². The summed E-state index contributed by atoms with van der Waals surface area (Å²) >= 11 is 3.22. The van der Waals surface area contributed by atoms with Crippen LogP contribution in [0.3, 0.4) is 0 Å². The molecule has 0 aliphatic rings. The third-order valence-corrected chi connectivity index (χ3v) is 2.82. The first-order chi connectivity index (χ1) is 8.56. The third-order valence-electron chi connectivity index (χ3n) is 2.33. The molecule has 2 aromatic rings. The highest BCUT2D eigenvalue weighted by molar-refractivity contribution is 9.10. The van der Waals surface area contributed by atoms with Crippen LogP contribution in [0, 0.1) is 5.82 Å². The van der Waals surface area contributed by atoms with Gasteiger partial charge in [-0.25, -0.2) is 4.39 Å². The van der Waals surface area contributed by atoms with Crippen LogP contribution in [0.2, 0.25) is 0 Å². The van der Waals surface area contributed by atoms with Gasteiger partial charge in [0.2, 0.25) is 0 Å². The van der Waals surface area contributed by atoms with Gasteiger partial charge in [-0.2, -0.15) is 0 Å². The lowest BCUT2D eigenvalue weighted by atomic mass is 10.2. The maximum Gasteiger partial charge on any atom is 0.255 e. The molecule has 0 saturated heterocycles. The molecule has 0 atom stereocenters. The first kappa shape index (κ1) is 12.6. The Morgan fingerprint density at radius 3 is 2.72 bits per heavy atom. The molecule has 0 aliphatic heterocycles. The van der Waals surface area contributed by atoms with Crippen molar-refractivity contribution in [2.45, 2.75) is 0 Å². The summed E-state index contributed by atoms with van der Waals surface area (Å²) in [5, 5.41) is 2.50. The minimum absolute atomic E-state index is 0.122. The first-order valence-electron chi connectivity index (χ1n) is 5.18. The number of carbonyl (C=O) groups excluding carboxylic acids is 1. The predicted octanol–water partition coefficient (Wildman–Crippen LogP) is 3.42. The van der Waals surface area contributed by atoms with Crippen molar-refractivity contribution in [3.05, 3.63) is 58.3 Å². The molecular weight excluding hydrogens is 299 g/mol. The molecule has 0 bridgehead atoms. The van der Waals surface area contributed by atoms with Crippen molar-refractivity contribution in [1.82, 2.24) is 0 Å². The number of carbonyl (C=O) groups is 1. The number of amides is 1. The average Bonchev–Trinajstić information content (AvgIpc) is 2.34. The zero-order chi connectivity index (χ0) is 13.1. The Kier molecular flexibility index (Phi) is 3.62. The minimum atomic E-state index is -0.490. The predicted molar refractivity (Wildman–Crippen MR) is 72.9 cm³/mol. The van der Waals surface area contributed by atoms with Gasteiger partial charge in [0.05, 0.1) is 5.69 Å². The molecule has 0 radical (unpaired) electrons. The van der Waals surface area contributed by atoms with Crippen molar-refractivity contribution in [1.29, 1.82) is 0 Å². The van der Waals surface area contributed by atoms with Gasteiger partial charge in [-0.15, -0.1) is 0 Å². The Hall–Kier alpha value is -1.88. The van der Waals surface area contributed by atoms with E-state index in [9.17, 15) is 9.18 Å². The minimum Gasteiger partial charge on any atom is -0.399 e. The maximum absolute atomic E-state index is 13.5. The quantitative estimate of drug-likeness (QED) is 0.835. The number of benzene rings is 2. The summed E-state index contributed by atoms with van der Waals surface area (Å²) in [7, 11) is 0. The lowest BCUT2D eigenvalue weighted by molar-refractivity contribution is 0.102. The molecule has 1 amide bonds. The molecule has 0 heterocycles. The van der Waals surface area contributed by atoms with E-state index in [0.717, 1.165) is 0 Å². The molecule has 0 aromatic heterocycles. The van der Waals surface area contributed by atoms with E-state index in [0.29, 0.717) is 15.7 Å². The van der Waals surface area contributed by atoms with Crippen molar-refractivity contribution in [2.75, 3.05) is 11.1 Å². The van der Waals surface area contributed by atoms with E-state index in [1.165, 1.54) is 18.2 Å². The Bertz CT molecular complexity index is 601. The molecule has 3 nitrogen and oxygen atoms in total. The molecule has 18 heavy (non-hydrogen) atoms. The molecule has 92 valence electrons. The number of halogens is 2. The van der Waals surface area contributed by atoms with Crippen LogP contribution in [0.4, 0.5) is 15.8 Å². The van der Waals surface area contributed by atoms with Crippen LogP contribution >= 0.6 is 15.9 Å². The molecule has 0 fully saturated rings. The van der Waals surface area contributed by atoms with Crippen molar-refractivity contribution in [2.24, 2.45) is 0 Å². The van der Waals surface area contributed by atoms with E-state index in [-0.39, 0.29) is 5.69 Å². The summed E-state index contributed by atoms with van der Waals surface area (Å²) in [4.78, 5) is 11.9. The zero-order valence-electron chi connectivity index (χ0n) is 9.28. The van der Waals surface area contributed by atoms with Crippen molar-refractivity contribution >= 4 is 33.2 Å². The number of nitrogen functional groups attached to an aromatic ring is 1. The normalized spacial score (nSPS) is 10.1. The number of anilines is 2. The molecule has 0 aliphatic carbocycles. The number of nitrogens with one attached hydrogen (secondary N) is 1. The zero-order valence-corrected chi connectivity index (χ0v) is 10.9. The molecule has 5 heteroatoms. The van der Waals surface area contributed by atoms with E-state index in [1.807, 2.05) is 0 Å². The van der Waals surface area contributed by atoms with Crippen LogP contribution in [0.15, 0.2) is 46.9 Å². The van der Waals surface area contributed by atoms with Gasteiger partial charge in [0.15, 0.2) is 0 Å². The van der Waals surface area contributed by atoms with Gasteiger partial charge in [-0.05, 0) is 36.4 Å². The van der Waals surface area contributed by atoms with Gasteiger partial charge in [0.1, 0.15) is 5.82 Å². The highest BCUT2D eigenvalue weighted by atomic mass is 79.9. The SMILES string of the molecule is Nc1cccc(C(=O)Nc2cc(Br)ccc2F)c1. The van der Waals surface area contributed by atoms with Gasteiger partial charge >= 0.3 is 0 Å². The lowest BCUT2D eigenvalue weighted by Gasteiger charge is -2.07. The monoisotopic (exact) mass is 308 g/mol. The van der Waals surface area contributed by atoms with Crippen LogP contribution in [0.5, 0.6) is 0 Å². The van der Waals surface area contributed by atoms with Crippen LogP contribution in [-0.2, 0) is 0 Å². The maximum atomic E-state index is 13.5. The number of rotatable bonds is 2.